The lowest BCUT2D eigenvalue weighted by atomic mass is 9.54. The van der Waals surface area contributed by atoms with E-state index in [2.05, 4.69) is 0 Å². The molecule has 0 spiro atoms. The van der Waals surface area contributed by atoms with Crippen LogP contribution in [0.5, 0.6) is 0 Å². The van der Waals surface area contributed by atoms with Crippen LogP contribution < -0.4 is 0 Å². The Kier molecular flexibility index (Phi) is 2.75. The molecule has 1 unspecified atom stereocenters. The maximum atomic E-state index is 9.63. The summed E-state index contributed by atoms with van der Waals surface area (Å²) in [5, 5.41) is 9.63. The van der Waals surface area contributed by atoms with Gasteiger partial charge in [0, 0.05) is 0 Å². The van der Waals surface area contributed by atoms with Gasteiger partial charge in [0.1, 0.15) is 0 Å². The lowest BCUT2D eigenvalue weighted by molar-refractivity contribution is -0.175. The smallest absolute Gasteiger partial charge is 0.0771 e. The minimum absolute atomic E-state index is 0.172. The molecular weight excluding hydrogens is 200 g/mol. The molecule has 4 fully saturated rings. The van der Waals surface area contributed by atoms with Crippen molar-refractivity contribution in [1.29, 1.82) is 0 Å². The number of aliphatic hydroxyl groups is 1. The van der Waals surface area contributed by atoms with Gasteiger partial charge in [0.25, 0.3) is 0 Å². The molecule has 2 nitrogen and oxygen atoms in total. The Morgan fingerprint density at radius 3 is 2.06 bits per heavy atom. The van der Waals surface area contributed by atoms with Crippen LogP contribution in [-0.4, -0.2) is 23.4 Å². The number of ether oxygens (including phenoxy) is 1. The topological polar surface area (TPSA) is 29.5 Å². The quantitative estimate of drug-likeness (QED) is 0.795. The number of hydrogen-bond donors (Lipinski definition) is 1. The molecule has 2 heteroatoms. The molecule has 1 N–H and O–H groups in total. The van der Waals surface area contributed by atoms with Crippen molar-refractivity contribution < 1.29 is 9.84 Å². The molecule has 4 aliphatic rings. The van der Waals surface area contributed by atoms with E-state index in [1.54, 1.807) is 0 Å². The van der Waals surface area contributed by atoms with Crippen molar-refractivity contribution in [2.45, 2.75) is 63.6 Å². The first-order valence-electron chi connectivity index (χ1n) is 7.01. The minimum atomic E-state index is -0.256. The van der Waals surface area contributed by atoms with Crippen molar-refractivity contribution >= 4 is 0 Å². The Balaban J connectivity index is 1.64. The van der Waals surface area contributed by atoms with Crippen LogP contribution >= 0.6 is 0 Å². The van der Waals surface area contributed by atoms with Crippen molar-refractivity contribution in [2.24, 2.45) is 17.8 Å². The third kappa shape index (κ3) is 1.91. The van der Waals surface area contributed by atoms with Crippen molar-refractivity contribution in [1.82, 2.24) is 0 Å². The molecule has 0 saturated heterocycles. The highest BCUT2D eigenvalue weighted by Gasteiger charge is 2.51. The SMILES string of the molecule is CCC(O)COC12CC3CC(CC(C3)C1)C2. The first kappa shape index (κ1) is 11.0. The molecule has 0 aromatic heterocycles. The third-order valence-electron chi connectivity index (χ3n) is 5.04. The van der Waals surface area contributed by atoms with E-state index in [0.29, 0.717) is 6.61 Å². The second-order valence-corrected chi connectivity index (χ2v) is 6.47. The van der Waals surface area contributed by atoms with Crippen LogP contribution in [0.3, 0.4) is 0 Å². The Labute approximate surface area is 98.4 Å². The molecule has 16 heavy (non-hydrogen) atoms. The van der Waals surface area contributed by atoms with E-state index in [1.165, 1.54) is 38.5 Å². The summed E-state index contributed by atoms with van der Waals surface area (Å²) < 4.78 is 6.14. The molecule has 0 aliphatic heterocycles. The maximum absolute atomic E-state index is 9.63. The molecule has 0 aromatic carbocycles. The number of hydrogen-bond acceptors (Lipinski definition) is 2. The monoisotopic (exact) mass is 224 g/mol. The zero-order valence-corrected chi connectivity index (χ0v) is 10.3. The van der Waals surface area contributed by atoms with Crippen LogP contribution in [0.15, 0.2) is 0 Å². The van der Waals surface area contributed by atoms with Crippen molar-refractivity contribution in [2.75, 3.05) is 6.61 Å². The molecule has 4 rings (SSSR count). The van der Waals surface area contributed by atoms with Crippen LogP contribution in [0.4, 0.5) is 0 Å². The van der Waals surface area contributed by atoms with Gasteiger partial charge in [-0.2, -0.15) is 0 Å². The van der Waals surface area contributed by atoms with Gasteiger partial charge in [-0.15, -0.1) is 0 Å². The highest BCUT2D eigenvalue weighted by Crippen LogP contribution is 2.57. The summed E-state index contributed by atoms with van der Waals surface area (Å²) in [5.74, 6) is 2.81. The van der Waals surface area contributed by atoms with E-state index >= 15 is 0 Å². The molecule has 0 radical (unpaired) electrons. The van der Waals surface area contributed by atoms with Gasteiger partial charge < -0.3 is 9.84 Å². The van der Waals surface area contributed by atoms with Gasteiger partial charge in [0.15, 0.2) is 0 Å². The molecule has 0 amide bonds. The largest absolute Gasteiger partial charge is 0.391 e. The summed E-state index contributed by atoms with van der Waals surface area (Å²) in [6.07, 6.45) is 8.75. The fourth-order valence-electron chi connectivity index (χ4n) is 4.60. The Bertz CT molecular complexity index is 226. The van der Waals surface area contributed by atoms with Gasteiger partial charge in [-0.1, -0.05) is 6.92 Å². The molecule has 4 bridgehead atoms. The van der Waals surface area contributed by atoms with Crippen LogP contribution in [0.2, 0.25) is 0 Å². The molecule has 92 valence electrons. The first-order chi connectivity index (χ1) is 7.69. The molecule has 4 saturated carbocycles. The minimum Gasteiger partial charge on any atom is -0.391 e. The van der Waals surface area contributed by atoms with Crippen molar-refractivity contribution in [3.63, 3.8) is 0 Å². The zero-order valence-electron chi connectivity index (χ0n) is 10.3. The second kappa shape index (κ2) is 3.99. The molecule has 0 heterocycles. The third-order valence-corrected chi connectivity index (χ3v) is 5.04. The van der Waals surface area contributed by atoms with Crippen LogP contribution in [0.25, 0.3) is 0 Å². The molecule has 0 aromatic rings. The zero-order chi connectivity index (χ0) is 11.2. The van der Waals surface area contributed by atoms with Crippen molar-refractivity contribution in [3.05, 3.63) is 0 Å². The Hall–Kier alpha value is -0.0800. The van der Waals surface area contributed by atoms with Gasteiger partial charge in [-0.25, -0.2) is 0 Å². The summed E-state index contributed by atoms with van der Waals surface area (Å²) in [6.45, 7) is 2.58. The van der Waals surface area contributed by atoms with E-state index in [4.69, 9.17) is 4.74 Å². The fourth-order valence-corrected chi connectivity index (χ4v) is 4.60. The molecule has 1 atom stereocenters. The molecule has 4 aliphatic carbocycles. The lowest BCUT2D eigenvalue weighted by Gasteiger charge is -2.56. The summed E-state index contributed by atoms with van der Waals surface area (Å²) in [5.41, 5.74) is 0.172. The van der Waals surface area contributed by atoms with E-state index in [1.807, 2.05) is 6.92 Å². The summed E-state index contributed by atoms with van der Waals surface area (Å²) in [4.78, 5) is 0. The van der Waals surface area contributed by atoms with Crippen LogP contribution in [0.1, 0.15) is 51.9 Å². The van der Waals surface area contributed by atoms with E-state index in [-0.39, 0.29) is 11.7 Å². The van der Waals surface area contributed by atoms with Crippen LogP contribution in [-0.2, 0) is 4.74 Å². The fraction of sp³-hybridized carbons (Fsp3) is 1.00. The number of rotatable bonds is 4. The van der Waals surface area contributed by atoms with E-state index < -0.39 is 0 Å². The predicted molar refractivity (Wildman–Crippen MR) is 63.2 cm³/mol. The number of aliphatic hydroxyl groups excluding tert-OH is 1. The molecular formula is C14H24O2. The van der Waals surface area contributed by atoms with Gasteiger partial charge in [0.2, 0.25) is 0 Å². The Morgan fingerprint density at radius 1 is 1.12 bits per heavy atom. The van der Waals surface area contributed by atoms with Gasteiger partial charge in [-0.3, -0.25) is 0 Å². The summed E-state index contributed by atoms with van der Waals surface area (Å²) >= 11 is 0. The second-order valence-electron chi connectivity index (χ2n) is 6.47. The summed E-state index contributed by atoms with van der Waals surface area (Å²) in [6, 6.07) is 0. The average molecular weight is 224 g/mol. The predicted octanol–water partition coefficient (Wildman–Crippen LogP) is 2.74. The Morgan fingerprint density at radius 2 is 1.62 bits per heavy atom. The highest BCUT2D eigenvalue weighted by atomic mass is 16.5. The standard InChI is InChI=1S/C14H24O2/c1-2-13(15)9-16-14-6-10-3-11(7-14)5-12(4-10)8-14/h10-13,15H,2-9H2,1H3. The van der Waals surface area contributed by atoms with Gasteiger partial charge in [0.05, 0.1) is 18.3 Å². The first-order valence-corrected chi connectivity index (χ1v) is 7.01. The lowest BCUT2D eigenvalue weighted by Crippen LogP contribution is -2.52. The van der Waals surface area contributed by atoms with E-state index in [0.717, 1.165) is 24.2 Å². The average Bonchev–Trinajstić information content (AvgIpc) is 2.24. The normalized spacial score (nSPS) is 47.2. The van der Waals surface area contributed by atoms with Crippen LogP contribution in [0, 0.1) is 17.8 Å². The van der Waals surface area contributed by atoms with Gasteiger partial charge in [-0.05, 0) is 62.7 Å². The van der Waals surface area contributed by atoms with Gasteiger partial charge >= 0.3 is 0 Å². The maximum Gasteiger partial charge on any atom is 0.0771 e. The highest BCUT2D eigenvalue weighted by molar-refractivity contribution is 5.03. The van der Waals surface area contributed by atoms with Crippen molar-refractivity contribution in [3.8, 4) is 0 Å². The summed E-state index contributed by atoms with van der Waals surface area (Å²) in [7, 11) is 0. The van der Waals surface area contributed by atoms with E-state index in [9.17, 15) is 5.11 Å².